The summed E-state index contributed by atoms with van der Waals surface area (Å²) >= 11 is 0. The van der Waals surface area contributed by atoms with Crippen LogP contribution in [0.1, 0.15) is 30.3 Å². The molecule has 2 heterocycles. The number of hydrogen-bond acceptors (Lipinski definition) is 3. The van der Waals surface area contributed by atoms with Gasteiger partial charge in [0, 0.05) is 31.7 Å². The van der Waals surface area contributed by atoms with E-state index < -0.39 is 0 Å². The fraction of sp³-hybridized carbons (Fsp3) is 0.625. The van der Waals surface area contributed by atoms with Crippen LogP contribution in [-0.4, -0.2) is 35.3 Å². The van der Waals surface area contributed by atoms with Gasteiger partial charge in [-0.2, -0.15) is 5.10 Å². The van der Waals surface area contributed by atoms with Gasteiger partial charge in [0.15, 0.2) is 0 Å². The highest BCUT2D eigenvalue weighted by Gasteiger charge is 2.18. The molecule has 0 bridgehead atoms. The van der Waals surface area contributed by atoms with Crippen LogP contribution >= 0.6 is 24.8 Å². The van der Waals surface area contributed by atoms with Crippen molar-refractivity contribution in [2.24, 2.45) is 13.0 Å². The fourth-order valence-corrected chi connectivity index (χ4v) is 2.72. The summed E-state index contributed by atoms with van der Waals surface area (Å²) < 4.78 is 1.88. The second-order valence-corrected chi connectivity index (χ2v) is 5.91. The number of halogens is 2. The summed E-state index contributed by atoms with van der Waals surface area (Å²) in [4.78, 5) is 12.2. The molecule has 0 saturated carbocycles. The number of carbonyl (C=O) groups excluding carboxylic acids is 1. The van der Waals surface area contributed by atoms with Crippen LogP contribution in [0.2, 0.25) is 0 Å². The van der Waals surface area contributed by atoms with E-state index in [1.807, 2.05) is 25.6 Å². The molecule has 0 aliphatic carbocycles. The van der Waals surface area contributed by atoms with Crippen molar-refractivity contribution in [3.05, 3.63) is 28.6 Å². The first-order valence-corrected chi connectivity index (χ1v) is 7.64. The summed E-state index contributed by atoms with van der Waals surface area (Å²) in [5.41, 5.74) is 4.69. The molecular formula is C16H28Cl2N4O. The summed E-state index contributed by atoms with van der Waals surface area (Å²) in [7, 11) is 1.94. The Kier molecular flexibility index (Phi) is 9.51. The van der Waals surface area contributed by atoms with Gasteiger partial charge in [-0.05, 0) is 38.8 Å². The zero-order valence-corrected chi connectivity index (χ0v) is 15.9. The van der Waals surface area contributed by atoms with Gasteiger partial charge in [0.05, 0.1) is 5.69 Å². The van der Waals surface area contributed by atoms with E-state index in [-0.39, 0.29) is 36.6 Å². The summed E-state index contributed by atoms with van der Waals surface area (Å²) in [6, 6.07) is 0. The molecule has 1 unspecified atom stereocenters. The third-order valence-electron chi connectivity index (χ3n) is 4.26. The largest absolute Gasteiger partial charge is 0.352 e. The van der Waals surface area contributed by atoms with Crippen molar-refractivity contribution < 1.29 is 4.79 Å². The van der Waals surface area contributed by atoms with E-state index in [1.54, 1.807) is 0 Å². The molecule has 2 N–H and O–H groups in total. The Balaban J connectivity index is 0.00000242. The lowest BCUT2D eigenvalue weighted by molar-refractivity contribution is -0.124. The van der Waals surface area contributed by atoms with Gasteiger partial charge in [0.2, 0.25) is 5.91 Å². The van der Waals surface area contributed by atoms with Crippen molar-refractivity contribution in [1.29, 1.82) is 0 Å². The third kappa shape index (κ3) is 5.83. The molecule has 23 heavy (non-hydrogen) atoms. The molecule has 1 atom stereocenters. The van der Waals surface area contributed by atoms with E-state index in [2.05, 4.69) is 28.7 Å². The molecular weight excluding hydrogens is 335 g/mol. The predicted molar refractivity (Wildman–Crippen MR) is 98.6 cm³/mol. The molecule has 0 aromatic carbocycles. The van der Waals surface area contributed by atoms with Crippen molar-refractivity contribution in [2.45, 2.75) is 33.6 Å². The van der Waals surface area contributed by atoms with Crippen LogP contribution in [0.25, 0.3) is 0 Å². The van der Waals surface area contributed by atoms with E-state index in [1.165, 1.54) is 11.1 Å². The molecule has 0 saturated heterocycles. The number of nitrogens with one attached hydrogen (secondary N) is 2. The Hall–Kier alpha value is -1.04. The van der Waals surface area contributed by atoms with Gasteiger partial charge in [-0.25, -0.2) is 0 Å². The van der Waals surface area contributed by atoms with Crippen molar-refractivity contribution in [3.8, 4) is 0 Å². The average molecular weight is 363 g/mol. The van der Waals surface area contributed by atoms with Crippen LogP contribution in [0.4, 0.5) is 0 Å². The molecule has 0 radical (unpaired) electrons. The molecule has 7 heteroatoms. The summed E-state index contributed by atoms with van der Waals surface area (Å²) in [5.74, 6) is 0.0889. The second-order valence-electron chi connectivity index (χ2n) is 5.91. The average Bonchev–Trinajstić information content (AvgIpc) is 2.72. The van der Waals surface area contributed by atoms with E-state index in [0.29, 0.717) is 6.54 Å². The summed E-state index contributed by atoms with van der Waals surface area (Å²) in [6.07, 6.45) is 3.94. The Labute approximate surface area is 151 Å². The zero-order chi connectivity index (χ0) is 15.4. The quantitative estimate of drug-likeness (QED) is 0.788. The monoisotopic (exact) mass is 362 g/mol. The van der Waals surface area contributed by atoms with E-state index >= 15 is 0 Å². The van der Waals surface area contributed by atoms with Gasteiger partial charge in [-0.3, -0.25) is 9.48 Å². The number of amides is 1. The van der Waals surface area contributed by atoms with Crippen LogP contribution in [0.15, 0.2) is 11.6 Å². The van der Waals surface area contributed by atoms with Crippen molar-refractivity contribution in [2.75, 3.05) is 19.6 Å². The first-order chi connectivity index (χ1) is 9.99. The SMILES string of the molecule is Cc1nn(C)c(C)c1CC(C)C(=O)NCC1=CCNCC1.Cl.Cl. The zero-order valence-electron chi connectivity index (χ0n) is 14.3. The molecule has 1 aliphatic heterocycles. The Morgan fingerprint density at radius 3 is 2.65 bits per heavy atom. The number of rotatable bonds is 5. The molecule has 0 spiro atoms. The normalized spacial score (nSPS) is 15.0. The van der Waals surface area contributed by atoms with Gasteiger partial charge < -0.3 is 10.6 Å². The predicted octanol–water partition coefficient (Wildman–Crippen LogP) is 2.10. The van der Waals surface area contributed by atoms with Gasteiger partial charge in [-0.1, -0.05) is 18.6 Å². The minimum atomic E-state index is -0.0334. The molecule has 1 aliphatic rings. The Bertz CT molecular complexity index is 555. The molecule has 1 aromatic heterocycles. The maximum absolute atomic E-state index is 12.2. The number of hydrogen-bond donors (Lipinski definition) is 2. The van der Waals surface area contributed by atoms with Gasteiger partial charge in [0.25, 0.3) is 0 Å². The van der Waals surface area contributed by atoms with Crippen molar-refractivity contribution in [1.82, 2.24) is 20.4 Å². The standard InChI is InChI=1S/C16H26N4O.2ClH/c1-11(9-15-12(2)19-20(4)13(15)3)16(21)18-10-14-5-7-17-8-6-14;;/h5,11,17H,6-10H2,1-4H3,(H,18,21);2*1H. The maximum Gasteiger partial charge on any atom is 0.223 e. The number of aromatic nitrogens is 2. The minimum absolute atomic E-state index is 0. The second kappa shape index (κ2) is 9.96. The van der Waals surface area contributed by atoms with Crippen LogP contribution in [-0.2, 0) is 18.3 Å². The third-order valence-corrected chi connectivity index (χ3v) is 4.26. The topological polar surface area (TPSA) is 59.0 Å². The highest BCUT2D eigenvalue weighted by molar-refractivity contribution is 5.85. The first-order valence-electron chi connectivity index (χ1n) is 7.64. The van der Waals surface area contributed by atoms with Gasteiger partial charge in [-0.15, -0.1) is 24.8 Å². The summed E-state index contributed by atoms with van der Waals surface area (Å²) in [5, 5.41) is 10.7. The highest BCUT2D eigenvalue weighted by Crippen LogP contribution is 2.17. The summed E-state index contributed by atoms with van der Waals surface area (Å²) in [6.45, 7) is 8.64. The van der Waals surface area contributed by atoms with E-state index in [0.717, 1.165) is 37.3 Å². The lowest BCUT2D eigenvalue weighted by atomic mass is 9.98. The number of carbonyl (C=O) groups is 1. The number of nitrogens with zero attached hydrogens (tertiary/aromatic N) is 2. The lowest BCUT2D eigenvalue weighted by Gasteiger charge is -2.17. The van der Waals surface area contributed by atoms with Crippen molar-refractivity contribution >= 4 is 30.7 Å². The van der Waals surface area contributed by atoms with E-state index in [4.69, 9.17) is 0 Å². The smallest absolute Gasteiger partial charge is 0.223 e. The molecule has 5 nitrogen and oxygen atoms in total. The van der Waals surface area contributed by atoms with Crippen LogP contribution in [0.5, 0.6) is 0 Å². The molecule has 1 amide bonds. The fourth-order valence-electron chi connectivity index (χ4n) is 2.72. The maximum atomic E-state index is 12.2. The van der Waals surface area contributed by atoms with Crippen LogP contribution in [0.3, 0.4) is 0 Å². The van der Waals surface area contributed by atoms with Gasteiger partial charge in [0.1, 0.15) is 0 Å². The Morgan fingerprint density at radius 1 is 1.43 bits per heavy atom. The van der Waals surface area contributed by atoms with Gasteiger partial charge >= 0.3 is 0 Å². The molecule has 2 rings (SSSR count). The van der Waals surface area contributed by atoms with Crippen molar-refractivity contribution in [3.63, 3.8) is 0 Å². The lowest BCUT2D eigenvalue weighted by Crippen LogP contribution is -2.33. The molecule has 1 aromatic rings. The van der Waals surface area contributed by atoms with Crippen LogP contribution in [0, 0.1) is 19.8 Å². The van der Waals surface area contributed by atoms with E-state index in [9.17, 15) is 4.79 Å². The Morgan fingerprint density at radius 2 is 2.13 bits per heavy atom. The van der Waals surface area contributed by atoms with Crippen LogP contribution < -0.4 is 10.6 Å². The number of aryl methyl sites for hydroxylation is 2. The molecule has 132 valence electrons. The first kappa shape index (κ1) is 22.0. The minimum Gasteiger partial charge on any atom is -0.352 e. The highest BCUT2D eigenvalue weighted by atomic mass is 35.5. The molecule has 0 fully saturated rings.